The molecule has 0 aromatic heterocycles. The number of rotatable bonds is 4. The Morgan fingerprint density at radius 2 is 1.42 bits per heavy atom. The zero-order valence-electron chi connectivity index (χ0n) is 14.0. The van der Waals surface area contributed by atoms with Crippen LogP contribution in [-0.4, -0.2) is 14.3 Å². The van der Waals surface area contributed by atoms with E-state index in [9.17, 15) is 17.6 Å². The number of benzene rings is 3. The van der Waals surface area contributed by atoms with E-state index < -0.39 is 21.7 Å². The predicted octanol–water partition coefficient (Wildman–Crippen LogP) is 4.17. The average molecular weight is 369 g/mol. The lowest BCUT2D eigenvalue weighted by atomic mass is 10.2. The second-order valence-corrected chi connectivity index (χ2v) is 7.52. The highest BCUT2D eigenvalue weighted by Crippen LogP contribution is 2.26. The highest BCUT2D eigenvalue weighted by molar-refractivity contribution is 7.93. The van der Waals surface area contributed by atoms with Crippen LogP contribution in [0.2, 0.25) is 0 Å². The quantitative estimate of drug-likeness (QED) is 0.694. The summed E-state index contributed by atoms with van der Waals surface area (Å²) in [6, 6.07) is 19.0. The number of halogens is 1. The number of hydrogen-bond donors (Lipinski definition) is 0. The molecular formula is C20H16FNO3S. The summed E-state index contributed by atoms with van der Waals surface area (Å²) in [6.45, 7) is 1.84. The fourth-order valence-corrected chi connectivity index (χ4v) is 3.87. The van der Waals surface area contributed by atoms with E-state index in [1.807, 2.05) is 6.92 Å². The van der Waals surface area contributed by atoms with E-state index in [4.69, 9.17) is 0 Å². The molecule has 0 atom stereocenters. The van der Waals surface area contributed by atoms with E-state index in [0.29, 0.717) is 4.31 Å². The molecule has 4 nitrogen and oxygen atoms in total. The number of nitrogens with zero attached hydrogens (tertiary/aromatic N) is 1. The first-order valence-electron chi connectivity index (χ1n) is 7.86. The highest BCUT2D eigenvalue weighted by Gasteiger charge is 2.31. The summed E-state index contributed by atoms with van der Waals surface area (Å²) in [6.07, 6.45) is 0. The maximum absolute atomic E-state index is 13.3. The van der Waals surface area contributed by atoms with Crippen LogP contribution in [0.25, 0.3) is 0 Å². The molecule has 3 rings (SSSR count). The lowest BCUT2D eigenvalue weighted by Crippen LogP contribution is -2.37. The number of sulfonamides is 1. The van der Waals surface area contributed by atoms with Gasteiger partial charge in [0, 0.05) is 5.56 Å². The summed E-state index contributed by atoms with van der Waals surface area (Å²) in [5.74, 6) is -1.23. The van der Waals surface area contributed by atoms with Crippen molar-refractivity contribution in [1.82, 2.24) is 0 Å². The molecule has 0 saturated carbocycles. The van der Waals surface area contributed by atoms with Crippen molar-refractivity contribution in [3.8, 4) is 0 Å². The van der Waals surface area contributed by atoms with Gasteiger partial charge in [-0.1, -0.05) is 35.9 Å². The van der Waals surface area contributed by atoms with Crippen molar-refractivity contribution in [2.75, 3.05) is 4.31 Å². The SMILES string of the molecule is Cc1ccc(S(=O)(=O)N(C(=O)c2ccccc2)c2ccc(F)cc2)cc1. The molecule has 3 aromatic rings. The molecule has 0 radical (unpaired) electrons. The van der Waals surface area contributed by atoms with Crippen LogP contribution in [0, 0.1) is 12.7 Å². The first-order valence-corrected chi connectivity index (χ1v) is 9.30. The molecular weight excluding hydrogens is 353 g/mol. The van der Waals surface area contributed by atoms with Crippen molar-refractivity contribution in [3.63, 3.8) is 0 Å². The van der Waals surface area contributed by atoms with Crippen LogP contribution in [0.5, 0.6) is 0 Å². The van der Waals surface area contributed by atoms with Crippen LogP contribution in [0.15, 0.2) is 83.8 Å². The third-order valence-corrected chi connectivity index (χ3v) is 5.55. The van der Waals surface area contributed by atoms with Gasteiger partial charge in [0.25, 0.3) is 15.9 Å². The van der Waals surface area contributed by atoms with Crippen molar-refractivity contribution < 1.29 is 17.6 Å². The van der Waals surface area contributed by atoms with Crippen molar-refractivity contribution in [3.05, 3.63) is 95.8 Å². The molecule has 26 heavy (non-hydrogen) atoms. The Labute approximate surface area is 151 Å². The van der Waals surface area contributed by atoms with Gasteiger partial charge in [0.05, 0.1) is 10.6 Å². The third-order valence-electron chi connectivity index (χ3n) is 3.83. The van der Waals surface area contributed by atoms with E-state index in [1.54, 1.807) is 30.3 Å². The Kier molecular flexibility index (Phi) is 4.86. The Bertz CT molecular complexity index is 1010. The molecule has 0 unspecified atom stereocenters. The normalized spacial score (nSPS) is 11.2. The van der Waals surface area contributed by atoms with Crippen LogP contribution in [0.3, 0.4) is 0 Å². The maximum atomic E-state index is 13.3. The Balaban J connectivity index is 2.15. The zero-order chi connectivity index (χ0) is 18.7. The Hall–Kier alpha value is -2.99. The van der Waals surface area contributed by atoms with Gasteiger partial charge in [-0.2, -0.15) is 4.31 Å². The van der Waals surface area contributed by atoms with Gasteiger partial charge in [-0.05, 0) is 55.5 Å². The highest BCUT2D eigenvalue weighted by atomic mass is 32.2. The molecule has 132 valence electrons. The smallest absolute Gasteiger partial charge is 0.268 e. The second kappa shape index (κ2) is 7.09. The minimum Gasteiger partial charge on any atom is -0.268 e. The molecule has 1 amide bonds. The van der Waals surface area contributed by atoms with Gasteiger partial charge >= 0.3 is 0 Å². The van der Waals surface area contributed by atoms with E-state index in [0.717, 1.165) is 17.7 Å². The van der Waals surface area contributed by atoms with Gasteiger partial charge < -0.3 is 0 Å². The summed E-state index contributed by atoms with van der Waals surface area (Å²) < 4.78 is 40.3. The number of aryl methyl sites for hydroxylation is 1. The van der Waals surface area contributed by atoms with Crippen molar-refractivity contribution in [1.29, 1.82) is 0 Å². The number of carbonyl (C=O) groups excluding carboxylic acids is 1. The van der Waals surface area contributed by atoms with Gasteiger partial charge in [0.2, 0.25) is 0 Å². The van der Waals surface area contributed by atoms with Gasteiger partial charge in [0.15, 0.2) is 0 Å². The molecule has 3 aromatic carbocycles. The van der Waals surface area contributed by atoms with Gasteiger partial charge in [-0.15, -0.1) is 0 Å². The second-order valence-electron chi connectivity index (χ2n) is 5.73. The Morgan fingerprint density at radius 1 is 0.846 bits per heavy atom. The summed E-state index contributed by atoms with van der Waals surface area (Å²) in [7, 11) is -4.17. The lowest BCUT2D eigenvalue weighted by molar-refractivity contribution is 0.101. The van der Waals surface area contributed by atoms with E-state index in [1.165, 1.54) is 36.4 Å². The molecule has 0 fully saturated rings. The zero-order valence-corrected chi connectivity index (χ0v) is 14.8. The number of amides is 1. The first kappa shape index (κ1) is 17.8. The van der Waals surface area contributed by atoms with Gasteiger partial charge in [0.1, 0.15) is 5.82 Å². The lowest BCUT2D eigenvalue weighted by Gasteiger charge is -2.23. The molecule has 6 heteroatoms. The largest absolute Gasteiger partial charge is 0.272 e. The summed E-state index contributed by atoms with van der Waals surface area (Å²) in [5, 5.41) is 0. The Morgan fingerprint density at radius 3 is 2.00 bits per heavy atom. The maximum Gasteiger partial charge on any atom is 0.272 e. The molecule has 0 bridgehead atoms. The molecule has 0 N–H and O–H groups in total. The average Bonchev–Trinajstić information content (AvgIpc) is 2.64. The van der Waals surface area contributed by atoms with E-state index in [2.05, 4.69) is 0 Å². The fourth-order valence-electron chi connectivity index (χ4n) is 2.46. The number of anilines is 1. The van der Waals surface area contributed by atoms with Crippen molar-refractivity contribution in [2.24, 2.45) is 0 Å². The first-order chi connectivity index (χ1) is 12.4. The minimum atomic E-state index is -4.17. The summed E-state index contributed by atoms with van der Waals surface area (Å²) in [5.41, 5.74) is 1.18. The summed E-state index contributed by atoms with van der Waals surface area (Å²) >= 11 is 0. The number of hydrogen-bond acceptors (Lipinski definition) is 3. The number of carbonyl (C=O) groups is 1. The minimum absolute atomic E-state index is 0.0169. The molecule has 0 saturated heterocycles. The van der Waals surface area contributed by atoms with E-state index >= 15 is 0 Å². The summed E-state index contributed by atoms with van der Waals surface area (Å²) in [4.78, 5) is 13.0. The standard InChI is InChI=1S/C20H16FNO3S/c1-15-7-13-19(14-8-15)26(24,25)22(18-11-9-17(21)10-12-18)20(23)16-5-3-2-4-6-16/h2-14H,1H3. The van der Waals surface area contributed by atoms with Crippen LogP contribution in [-0.2, 0) is 10.0 Å². The van der Waals surface area contributed by atoms with Crippen LogP contribution < -0.4 is 4.31 Å². The van der Waals surface area contributed by atoms with Crippen LogP contribution in [0.1, 0.15) is 15.9 Å². The van der Waals surface area contributed by atoms with Gasteiger partial charge in [-0.3, -0.25) is 4.79 Å². The van der Waals surface area contributed by atoms with E-state index in [-0.39, 0.29) is 16.1 Å². The van der Waals surface area contributed by atoms with Crippen molar-refractivity contribution >= 4 is 21.6 Å². The van der Waals surface area contributed by atoms with Crippen molar-refractivity contribution in [2.45, 2.75) is 11.8 Å². The van der Waals surface area contributed by atoms with Gasteiger partial charge in [-0.25, -0.2) is 12.8 Å². The molecule has 0 aliphatic rings. The predicted molar refractivity (Wildman–Crippen MR) is 98.0 cm³/mol. The molecule has 0 aliphatic heterocycles. The topological polar surface area (TPSA) is 54.5 Å². The van der Waals surface area contributed by atoms with Crippen LogP contribution in [0.4, 0.5) is 10.1 Å². The van der Waals surface area contributed by atoms with Crippen LogP contribution >= 0.6 is 0 Å². The molecule has 0 heterocycles. The monoisotopic (exact) mass is 369 g/mol. The fraction of sp³-hybridized carbons (Fsp3) is 0.0500. The molecule has 0 aliphatic carbocycles. The third kappa shape index (κ3) is 3.50. The molecule has 0 spiro atoms.